The van der Waals surface area contributed by atoms with Crippen molar-refractivity contribution in [1.29, 1.82) is 0 Å². The van der Waals surface area contributed by atoms with Gasteiger partial charge in [0.05, 0.1) is 12.8 Å². The van der Waals surface area contributed by atoms with Crippen molar-refractivity contribution in [2.75, 3.05) is 5.32 Å². The molecule has 26 heavy (non-hydrogen) atoms. The molecule has 1 atom stereocenters. The number of aliphatic carboxylic acids is 1. The first-order valence-electron chi connectivity index (χ1n) is 8.01. The molecule has 0 aliphatic carbocycles. The Morgan fingerprint density at radius 1 is 1.08 bits per heavy atom. The Morgan fingerprint density at radius 3 is 2.23 bits per heavy atom. The third-order valence-corrected chi connectivity index (χ3v) is 5.86. The van der Waals surface area contributed by atoms with Gasteiger partial charge in [0.25, 0.3) is 0 Å². The van der Waals surface area contributed by atoms with E-state index in [1.54, 1.807) is 24.3 Å². The van der Waals surface area contributed by atoms with Crippen LogP contribution in [0.5, 0.6) is 0 Å². The quantitative estimate of drug-likeness (QED) is 0.711. The number of carboxylic acids is 1. The zero-order valence-electron chi connectivity index (χ0n) is 13.8. The van der Waals surface area contributed by atoms with Crippen LogP contribution in [-0.4, -0.2) is 25.4 Å². The summed E-state index contributed by atoms with van der Waals surface area (Å²) in [5, 5.41) is 11.1. The van der Waals surface area contributed by atoms with Gasteiger partial charge in [0, 0.05) is 12.2 Å². The molecule has 0 bridgehead atoms. The van der Waals surface area contributed by atoms with Gasteiger partial charge in [-0.3, -0.25) is 14.3 Å². The van der Waals surface area contributed by atoms with Crippen molar-refractivity contribution in [3.63, 3.8) is 0 Å². The van der Waals surface area contributed by atoms with Crippen LogP contribution in [0.15, 0.2) is 48.5 Å². The van der Waals surface area contributed by atoms with Gasteiger partial charge in [-0.25, -0.2) is 8.42 Å². The van der Waals surface area contributed by atoms with Crippen LogP contribution in [0.4, 0.5) is 5.69 Å². The average Bonchev–Trinajstić information content (AvgIpc) is 2.86. The largest absolute Gasteiger partial charge is 0.481 e. The first-order valence-corrected chi connectivity index (χ1v) is 9.56. The molecule has 136 valence electrons. The number of hydrogen-bond acceptors (Lipinski definition) is 5. The van der Waals surface area contributed by atoms with E-state index in [1.807, 2.05) is 29.0 Å². The van der Waals surface area contributed by atoms with E-state index in [-0.39, 0.29) is 12.8 Å². The summed E-state index contributed by atoms with van der Waals surface area (Å²) in [7, 11) is -3.63. The molecule has 1 unspecified atom stereocenters. The maximum absolute atomic E-state index is 11.9. The first kappa shape index (κ1) is 17.9. The summed E-state index contributed by atoms with van der Waals surface area (Å²) in [6.07, 6.45) is -0.0637. The summed E-state index contributed by atoms with van der Waals surface area (Å²) < 4.78 is 25.8. The molecule has 0 aromatic heterocycles. The Kier molecular flexibility index (Phi) is 4.94. The highest BCUT2D eigenvalue weighted by atomic mass is 32.2. The lowest BCUT2D eigenvalue weighted by Gasteiger charge is -2.10. The zero-order chi connectivity index (χ0) is 18.7. The first-order chi connectivity index (χ1) is 12.3. The van der Waals surface area contributed by atoms with Crippen LogP contribution in [0.2, 0.25) is 0 Å². The maximum Gasteiger partial charge on any atom is 0.307 e. The van der Waals surface area contributed by atoms with E-state index < -0.39 is 27.1 Å². The molecule has 3 rings (SSSR count). The van der Waals surface area contributed by atoms with Crippen molar-refractivity contribution in [3.8, 4) is 0 Å². The lowest BCUT2D eigenvalue weighted by molar-refractivity contribution is -0.136. The fourth-order valence-corrected chi connectivity index (χ4v) is 4.25. The zero-order valence-corrected chi connectivity index (χ0v) is 14.6. The SMILES string of the molecule is O=C(O)Cc1ccc(NCc2ccc(C3CC(=O)NS3(=O)=O)cc2)cc1. The molecule has 1 saturated heterocycles. The van der Waals surface area contributed by atoms with Gasteiger partial charge < -0.3 is 10.4 Å². The highest BCUT2D eigenvalue weighted by Crippen LogP contribution is 2.30. The van der Waals surface area contributed by atoms with Gasteiger partial charge in [-0.15, -0.1) is 0 Å². The maximum atomic E-state index is 11.9. The minimum absolute atomic E-state index is 0.0107. The number of nitrogens with one attached hydrogen (secondary N) is 2. The van der Waals surface area contributed by atoms with Crippen LogP contribution < -0.4 is 10.0 Å². The third kappa shape index (κ3) is 4.20. The number of carbonyl (C=O) groups excluding carboxylic acids is 1. The average molecular weight is 374 g/mol. The van der Waals surface area contributed by atoms with E-state index in [9.17, 15) is 18.0 Å². The molecule has 0 radical (unpaired) electrons. The van der Waals surface area contributed by atoms with Gasteiger partial charge in [0.2, 0.25) is 15.9 Å². The van der Waals surface area contributed by atoms with Crippen LogP contribution >= 0.6 is 0 Å². The number of carbonyl (C=O) groups is 2. The molecule has 1 aliphatic heterocycles. The number of benzene rings is 2. The van der Waals surface area contributed by atoms with Crippen LogP contribution in [0, 0.1) is 0 Å². The fourth-order valence-electron chi connectivity index (χ4n) is 2.82. The minimum atomic E-state index is -3.63. The van der Waals surface area contributed by atoms with Crippen molar-refractivity contribution >= 4 is 27.6 Å². The number of carboxylic acid groups (broad SMARTS) is 1. The van der Waals surface area contributed by atoms with Crippen molar-refractivity contribution in [2.24, 2.45) is 0 Å². The predicted molar refractivity (Wildman–Crippen MR) is 96.0 cm³/mol. The van der Waals surface area contributed by atoms with E-state index >= 15 is 0 Å². The van der Waals surface area contributed by atoms with Crippen molar-refractivity contribution in [3.05, 3.63) is 65.2 Å². The number of hydrogen-bond donors (Lipinski definition) is 3. The molecule has 3 N–H and O–H groups in total. The van der Waals surface area contributed by atoms with Crippen LogP contribution in [0.3, 0.4) is 0 Å². The molecule has 7 nitrogen and oxygen atoms in total. The highest BCUT2D eigenvalue weighted by molar-refractivity contribution is 7.90. The van der Waals surface area contributed by atoms with E-state index in [4.69, 9.17) is 5.11 Å². The van der Waals surface area contributed by atoms with Crippen molar-refractivity contribution < 1.29 is 23.1 Å². The number of amides is 1. The number of rotatable bonds is 6. The van der Waals surface area contributed by atoms with Gasteiger partial charge in [-0.05, 0) is 28.8 Å². The second-order valence-corrected chi connectivity index (χ2v) is 7.99. The van der Waals surface area contributed by atoms with E-state index in [2.05, 4.69) is 5.32 Å². The highest BCUT2D eigenvalue weighted by Gasteiger charge is 2.37. The second-order valence-electron chi connectivity index (χ2n) is 6.13. The molecule has 8 heteroatoms. The Hall–Kier alpha value is -2.87. The molecular formula is C18H18N2O5S. The fraction of sp³-hybridized carbons (Fsp3) is 0.222. The lowest BCUT2D eigenvalue weighted by Crippen LogP contribution is -2.21. The number of anilines is 1. The Balaban J connectivity index is 1.61. The molecule has 1 heterocycles. The predicted octanol–water partition coefficient (Wildman–Crippen LogP) is 1.82. The summed E-state index contributed by atoms with van der Waals surface area (Å²) >= 11 is 0. The second kappa shape index (κ2) is 7.17. The monoisotopic (exact) mass is 374 g/mol. The molecule has 0 spiro atoms. The van der Waals surface area contributed by atoms with E-state index in [1.165, 1.54) is 0 Å². The van der Waals surface area contributed by atoms with Gasteiger partial charge in [0.15, 0.2) is 0 Å². The Bertz CT molecular complexity index is 921. The summed E-state index contributed by atoms with van der Waals surface area (Å²) in [6, 6.07) is 14.2. The molecule has 1 amide bonds. The molecular weight excluding hydrogens is 356 g/mol. The van der Waals surface area contributed by atoms with E-state index in [0.29, 0.717) is 12.1 Å². The van der Waals surface area contributed by atoms with Gasteiger partial charge in [-0.2, -0.15) is 0 Å². The standard InChI is InChI=1S/C18H18N2O5S/c21-17-10-16(26(24,25)20-17)14-5-1-13(2-6-14)11-19-15-7-3-12(4-8-15)9-18(22)23/h1-8,16,19H,9-11H2,(H,20,21)(H,22,23). The Labute approximate surface area is 151 Å². The molecule has 0 saturated carbocycles. The molecule has 1 aliphatic rings. The van der Waals surface area contributed by atoms with Crippen molar-refractivity contribution in [1.82, 2.24) is 4.72 Å². The summed E-state index contributed by atoms with van der Waals surface area (Å²) in [6.45, 7) is 0.535. The topological polar surface area (TPSA) is 113 Å². The molecule has 2 aromatic rings. The minimum Gasteiger partial charge on any atom is -0.481 e. The van der Waals surface area contributed by atoms with Crippen LogP contribution in [0.25, 0.3) is 0 Å². The van der Waals surface area contributed by atoms with Crippen LogP contribution in [-0.2, 0) is 32.6 Å². The third-order valence-electron chi connectivity index (χ3n) is 4.16. The Morgan fingerprint density at radius 2 is 1.69 bits per heavy atom. The van der Waals surface area contributed by atoms with Gasteiger partial charge >= 0.3 is 5.97 Å². The van der Waals surface area contributed by atoms with Crippen molar-refractivity contribution in [2.45, 2.75) is 24.6 Å². The molecule has 1 fully saturated rings. The lowest BCUT2D eigenvalue weighted by atomic mass is 10.1. The summed E-state index contributed by atoms with van der Waals surface area (Å²) in [4.78, 5) is 22.0. The summed E-state index contributed by atoms with van der Waals surface area (Å²) in [5.74, 6) is -1.35. The van der Waals surface area contributed by atoms with E-state index in [0.717, 1.165) is 16.8 Å². The van der Waals surface area contributed by atoms with Gasteiger partial charge in [0.1, 0.15) is 5.25 Å². The normalized spacial score (nSPS) is 18.3. The summed E-state index contributed by atoms with van der Waals surface area (Å²) in [5.41, 5.74) is 3.13. The van der Waals surface area contributed by atoms with Gasteiger partial charge in [-0.1, -0.05) is 36.4 Å². The number of sulfonamides is 1. The smallest absolute Gasteiger partial charge is 0.307 e. The molecule has 2 aromatic carbocycles. The van der Waals surface area contributed by atoms with Crippen LogP contribution in [0.1, 0.15) is 28.4 Å².